The van der Waals surface area contributed by atoms with Crippen LogP contribution in [0.25, 0.3) is 87.2 Å². The van der Waals surface area contributed by atoms with E-state index < -0.39 is 0 Å². The second-order valence-electron chi connectivity index (χ2n) is 11.6. The molecule has 0 amide bonds. The van der Waals surface area contributed by atoms with Gasteiger partial charge in [0.15, 0.2) is 0 Å². The van der Waals surface area contributed by atoms with Crippen LogP contribution in [0.4, 0.5) is 0 Å². The lowest BCUT2D eigenvalue weighted by Gasteiger charge is -2.20. The molecule has 0 spiro atoms. The number of benzene rings is 9. The Morgan fingerprint density at radius 2 is 0.705 bits per heavy atom. The molecule has 0 fully saturated rings. The minimum absolute atomic E-state index is 1.23. The second-order valence-corrected chi connectivity index (χ2v) is 11.6. The highest BCUT2D eigenvalue weighted by Gasteiger charge is 2.19. The van der Waals surface area contributed by atoms with E-state index in [1.165, 1.54) is 87.2 Å². The number of hydrogen-bond donors (Lipinski definition) is 0. The molecule has 0 radical (unpaired) electrons. The van der Waals surface area contributed by atoms with E-state index in [0.717, 1.165) is 0 Å². The van der Waals surface area contributed by atoms with Gasteiger partial charge in [-0.25, -0.2) is 0 Å². The molecule has 0 atom stereocenters. The van der Waals surface area contributed by atoms with Crippen LogP contribution in [-0.2, 0) is 0 Å². The highest BCUT2D eigenvalue weighted by atomic mass is 14.2. The third kappa shape index (κ3) is 3.78. The average Bonchev–Trinajstić information content (AvgIpc) is 3.10. The van der Waals surface area contributed by atoms with E-state index in [0.29, 0.717) is 0 Å². The fourth-order valence-electron chi connectivity index (χ4n) is 7.27. The van der Waals surface area contributed by atoms with Crippen LogP contribution < -0.4 is 0 Å². The summed E-state index contributed by atoms with van der Waals surface area (Å²) in [6, 6.07) is 62.2. The standard InChI is InChI=1S/C44H28/c1-2-12-29(13-3-1)30-22-25-32(26-23-30)42-37-18-8-10-20-39(37)44(40-21-11-9-19-38(40)42)41-28-33-27-24-31-14-4-5-15-34(31)43(33)36-17-7-6-16-35(36)41/h1-28H. The SMILES string of the molecule is c1ccc(-c2ccc(-c3c4ccccc4c(-c4cc5ccc6ccccc6c5c5ccccc45)c4ccccc34)cc2)cc1. The van der Waals surface area contributed by atoms with Gasteiger partial charge in [-0.05, 0) is 93.3 Å². The molecule has 9 aromatic carbocycles. The first-order valence-corrected chi connectivity index (χ1v) is 15.3. The molecule has 9 rings (SSSR count). The van der Waals surface area contributed by atoms with Crippen molar-refractivity contribution < 1.29 is 0 Å². The van der Waals surface area contributed by atoms with E-state index in [4.69, 9.17) is 0 Å². The van der Waals surface area contributed by atoms with Crippen LogP contribution in [0.15, 0.2) is 170 Å². The smallest absolute Gasteiger partial charge is 0.00199 e. The fourth-order valence-corrected chi connectivity index (χ4v) is 7.27. The van der Waals surface area contributed by atoms with Crippen LogP contribution in [0.1, 0.15) is 0 Å². The lowest BCUT2D eigenvalue weighted by atomic mass is 9.83. The summed E-state index contributed by atoms with van der Waals surface area (Å²) in [6.07, 6.45) is 0. The third-order valence-corrected chi connectivity index (χ3v) is 9.23. The van der Waals surface area contributed by atoms with Gasteiger partial charge < -0.3 is 0 Å². The minimum Gasteiger partial charge on any atom is -0.0622 e. The maximum absolute atomic E-state index is 2.42. The fraction of sp³-hybridized carbons (Fsp3) is 0. The maximum atomic E-state index is 2.42. The number of rotatable bonds is 3. The Hall–Kier alpha value is -5.72. The van der Waals surface area contributed by atoms with Crippen LogP contribution >= 0.6 is 0 Å². The first-order valence-electron chi connectivity index (χ1n) is 15.3. The molecular formula is C44H28. The van der Waals surface area contributed by atoms with Gasteiger partial charge in [-0.1, -0.05) is 164 Å². The molecule has 0 aliphatic heterocycles. The molecular weight excluding hydrogens is 528 g/mol. The minimum atomic E-state index is 1.23. The molecule has 0 aromatic heterocycles. The van der Waals surface area contributed by atoms with Gasteiger partial charge in [-0.3, -0.25) is 0 Å². The molecule has 0 bridgehead atoms. The van der Waals surface area contributed by atoms with Crippen LogP contribution in [0.5, 0.6) is 0 Å². The van der Waals surface area contributed by atoms with Crippen LogP contribution in [0.3, 0.4) is 0 Å². The van der Waals surface area contributed by atoms with E-state index in [2.05, 4.69) is 170 Å². The number of fused-ring (bicyclic) bond motifs is 7. The van der Waals surface area contributed by atoms with Gasteiger partial charge in [0.25, 0.3) is 0 Å². The highest BCUT2D eigenvalue weighted by Crippen LogP contribution is 2.47. The molecule has 0 heterocycles. The van der Waals surface area contributed by atoms with Crippen molar-refractivity contribution in [2.24, 2.45) is 0 Å². The Bertz CT molecular complexity index is 2460. The summed E-state index contributed by atoms with van der Waals surface area (Å²) in [4.78, 5) is 0. The quantitative estimate of drug-likeness (QED) is 0.150. The maximum Gasteiger partial charge on any atom is -0.00199 e. The Morgan fingerprint density at radius 1 is 0.250 bits per heavy atom. The van der Waals surface area contributed by atoms with Gasteiger partial charge in [0.1, 0.15) is 0 Å². The lowest BCUT2D eigenvalue weighted by molar-refractivity contribution is 1.61. The van der Waals surface area contributed by atoms with Gasteiger partial charge in [-0.15, -0.1) is 0 Å². The molecule has 0 saturated carbocycles. The first-order chi connectivity index (χ1) is 21.8. The summed E-state index contributed by atoms with van der Waals surface area (Å²) < 4.78 is 0. The molecule has 0 saturated heterocycles. The Kier molecular flexibility index (Phi) is 5.61. The molecule has 0 aliphatic rings. The Labute approximate surface area is 256 Å². The predicted octanol–water partition coefficient (Wildman–Crippen LogP) is 12.5. The van der Waals surface area contributed by atoms with Crippen LogP contribution in [-0.4, -0.2) is 0 Å². The van der Waals surface area contributed by atoms with Crippen molar-refractivity contribution in [1.82, 2.24) is 0 Å². The molecule has 9 aromatic rings. The Balaban J connectivity index is 1.37. The zero-order chi connectivity index (χ0) is 29.0. The second kappa shape index (κ2) is 9.93. The van der Waals surface area contributed by atoms with Crippen molar-refractivity contribution in [1.29, 1.82) is 0 Å². The molecule has 44 heavy (non-hydrogen) atoms. The van der Waals surface area contributed by atoms with Gasteiger partial charge in [-0.2, -0.15) is 0 Å². The van der Waals surface area contributed by atoms with Crippen molar-refractivity contribution in [3.8, 4) is 33.4 Å². The molecule has 0 unspecified atom stereocenters. The third-order valence-electron chi connectivity index (χ3n) is 9.23. The average molecular weight is 557 g/mol. The van der Waals surface area contributed by atoms with E-state index in [1.807, 2.05) is 0 Å². The van der Waals surface area contributed by atoms with Gasteiger partial charge >= 0.3 is 0 Å². The molecule has 204 valence electrons. The molecule has 0 aliphatic carbocycles. The van der Waals surface area contributed by atoms with Gasteiger partial charge in [0.05, 0.1) is 0 Å². The summed E-state index contributed by atoms with van der Waals surface area (Å²) in [7, 11) is 0. The topological polar surface area (TPSA) is 0 Å². The summed E-state index contributed by atoms with van der Waals surface area (Å²) in [5, 5.41) is 12.9. The van der Waals surface area contributed by atoms with Crippen molar-refractivity contribution in [2.75, 3.05) is 0 Å². The Morgan fingerprint density at radius 3 is 1.36 bits per heavy atom. The molecule has 0 heteroatoms. The van der Waals surface area contributed by atoms with E-state index in [1.54, 1.807) is 0 Å². The van der Waals surface area contributed by atoms with Crippen LogP contribution in [0, 0.1) is 0 Å². The highest BCUT2D eigenvalue weighted by molar-refractivity contribution is 6.28. The zero-order valence-corrected chi connectivity index (χ0v) is 24.2. The van der Waals surface area contributed by atoms with E-state index in [-0.39, 0.29) is 0 Å². The van der Waals surface area contributed by atoms with Crippen molar-refractivity contribution in [3.63, 3.8) is 0 Å². The zero-order valence-electron chi connectivity index (χ0n) is 24.2. The largest absolute Gasteiger partial charge is 0.0622 e. The van der Waals surface area contributed by atoms with Crippen molar-refractivity contribution >= 4 is 53.9 Å². The monoisotopic (exact) mass is 556 g/mol. The van der Waals surface area contributed by atoms with Gasteiger partial charge in [0.2, 0.25) is 0 Å². The van der Waals surface area contributed by atoms with Crippen molar-refractivity contribution in [3.05, 3.63) is 170 Å². The van der Waals surface area contributed by atoms with Gasteiger partial charge in [0, 0.05) is 0 Å². The van der Waals surface area contributed by atoms with Crippen molar-refractivity contribution in [2.45, 2.75) is 0 Å². The number of hydrogen-bond acceptors (Lipinski definition) is 0. The lowest BCUT2D eigenvalue weighted by Crippen LogP contribution is -1.92. The molecule has 0 nitrogen and oxygen atoms in total. The summed E-state index contributed by atoms with van der Waals surface area (Å²) >= 11 is 0. The summed E-state index contributed by atoms with van der Waals surface area (Å²) in [5.74, 6) is 0. The molecule has 0 N–H and O–H groups in total. The van der Waals surface area contributed by atoms with E-state index >= 15 is 0 Å². The summed E-state index contributed by atoms with van der Waals surface area (Å²) in [5.41, 5.74) is 7.57. The summed E-state index contributed by atoms with van der Waals surface area (Å²) in [6.45, 7) is 0. The van der Waals surface area contributed by atoms with Crippen LogP contribution in [0.2, 0.25) is 0 Å². The normalized spacial score (nSPS) is 11.6. The van der Waals surface area contributed by atoms with E-state index in [9.17, 15) is 0 Å². The predicted molar refractivity (Wildman–Crippen MR) is 190 cm³/mol. The first kappa shape index (κ1) is 24.8.